The Morgan fingerprint density at radius 3 is 3.15 bits per heavy atom. The fraction of sp³-hybridized carbons (Fsp3) is 0.368. The lowest BCUT2D eigenvalue weighted by Gasteiger charge is -2.37. The molecule has 1 aliphatic heterocycles. The largest absolute Gasteiger partial charge is 0.337 e. The first kappa shape index (κ1) is 16.9. The third-order valence-electron chi connectivity index (χ3n) is 4.80. The van der Waals surface area contributed by atoms with Crippen LogP contribution < -0.4 is 0 Å². The minimum Gasteiger partial charge on any atom is -0.337 e. The highest BCUT2D eigenvalue weighted by molar-refractivity contribution is 7.09. The molecule has 0 unspecified atom stereocenters. The molecule has 0 spiro atoms. The molecule has 1 aliphatic rings. The predicted molar refractivity (Wildman–Crippen MR) is 98.1 cm³/mol. The number of aromatic nitrogens is 3. The van der Waals surface area contributed by atoms with Gasteiger partial charge in [-0.2, -0.15) is 10.2 Å². The molecular weight excluding hydrogens is 346 g/mol. The van der Waals surface area contributed by atoms with E-state index in [9.17, 15) is 0 Å². The van der Waals surface area contributed by atoms with Crippen LogP contribution in [0.15, 0.2) is 40.4 Å². The van der Waals surface area contributed by atoms with Gasteiger partial charge in [-0.1, -0.05) is 24.2 Å². The van der Waals surface area contributed by atoms with Crippen molar-refractivity contribution in [3.63, 3.8) is 0 Å². The lowest BCUT2D eigenvalue weighted by Crippen LogP contribution is -2.37. The van der Waals surface area contributed by atoms with Crippen LogP contribution >= 0.6 is 11.3 Å². The van der Waals surface area contributed by atoms with Crippen molar-refractivity contribution in [3.05, 3.63) is 52.3 Å². The zero-order valence-corrected chi connectivity index (χ0v) is 15.3. The van der Waals surface area contributed by atoms with E-state index in [0.717, 1.165) is 36.5 Å². The van der Waals surface area contributed by atoms with Crippen molar-refractivity contribution in [1.82, 2.24) is 20.0 Å². The lowest BCUT2D eigenvalue weighted by molar-refractivity contribution is 0.0683. The van der Waals surface area contributed by atoms with Crippen LogP contribution in [0.25, 0.3) is 11.4 Å². The average molecular weight is 365 g/mol. The van der Waals surface area contributed by atoms with Gasteiger partial charge >= 0.3 is 0 Å². The van der Waals surface area contributed by atoms with E-state index < -0.39 is 0 Å². The Bertz CT molecular complexity index is 914. The Balaban J connectivity index is 1.62. The summed E-state index contributed by atoms with van der Waals surface area (Å²) < 4.78 is 5.65. The highest BCUT2D eigenvalue weighted by atomic mass is 32.1. The fourth-order valence-electron chi connectivity index (χ4n) is 3.56. The molecule has 132 valence electrons. The van der Waals surface area contributed by atoms with Gasteiger partial charge < -0.3 is 4.52 Å². The van der Waals surface area contributed by atoms with Gasteiger partial charge in [0.15, 0.2) is 0 Å². The molecule has 1 saturated heterocycles. The Kier molecular flexibility index (Phi) is 4.78. The van der Waals surface area contributed by atoms with E-state index in [1.807, 2.05) is 23.7 Å². The van der Waals surface area contributed by atoms with E-state index in [1.54, 1.807) is 23.5 Å². The molecule has 6 nitrogen and oxygen atoms in total. The Morgan fingerprint density at radius 1 is 1.42 bits per heavy atom. The summed E-state index contributed by atoms with van der Waals surface area (Å²) in [6.45, 7) is 4.03. The van der Waals surface area contributed by atoms with Crippen LogP contribution in [0.2, 0.25) is 0 Å². The van der Waals surface area contributed by atoms with Gasteiger partial charge in [-0.3, -0.25) is 4.90 Å². The third-order valence-corrected chi connectivity index (χ3v) is 5.57. The molecular formula is C19H19N5OS. The van der Waals surface area contributed by atoms with Crippen LogP contribution in [0.1, 0.15) is 42.3 Å². The monoisotopic (exact) mass is 365 g/mol. The van der Waals surface area contributed by atoms with Gasteiger partial charge in [-0.15, -0.1) is 11.3 Å². The number of hydrogen-bond acceptors (Lipinski definition) is 7. The van der Waals surface area contributed by atoms with Crippen LogP contribution in [-0.4, -0.2) is 26.6 Å². The Morgan fingerprint density at radius 2 is 2.35 bits per heavy atom. The van der Waals surface area contributed by atoms with Gasteiger partial charge in [0.2, 0.25) is 11.7 Å². The van der Waals surface area contributed by atoms with Gasteiger partial charge in [0, 0.05) is 17.1 Å². The molecule has 0 aliphatic carbocycles. The maximum absolute atomic E-state index is 9.08. The van der Waals surface area contributed by atoms with E-state index in [-0.39, 0.29) is 6.04 Å². The summed E-state index contributed by atoms with van der Waals surface area (Å²) in [5, 5.41) is 16.4. The van der Waals surface area contributed by atoms with E-state index in [2.05, 4.69) is 33.0 Å². The SMILES string of the molecule is C[C@H]1CCCN(Cc2nccs2)[C@H]1c1nc(-c2cccc(C#N)c2)no1. The topological polar surface area (TPSA) is 78.8 Å². The zero-order chi connectivity index (χ0) is 17.9. The summed E-state index contributed by atoms with van der Waals surface area (Å²) in [6, 6.07) is 9.52. The van der Waals surface area contributed by atoms with Gasteiger partial charge in [-0.05, 0) is 37.4 Å². The molecule has 4 rings (SSSR count). The van der Waals surface area contributed by atoms with Crippen molar-refractivity contribution in [3.8, 4) is 17.5 Å². The average Bonchev–Trinajstić information content (AvgIpc) is 3.34. The predicted octanol–water partition coefficient (Wildman–Crippen LogP) is 4.04. The maximum atomic E-state index is 9.08. The molecule has 1 aromatic carbocycles. The molecule has 7 heteroatoms. The van der Waals surface area contributed by atoms with Crippen molar-refractivity contribution in [2.24, 2.45) is 5.92 Å². The van der Waals surface area contributed by atoms with Crippen LogP contribution in [-0.2, 0) is 6.54 Å². The molecule has 0 saturated carbocycles. The molecule has 0 radical (unpaired) electrons. The smallest absolute Gasteiger partial charge is 0.244 e. The second kappa shape index (κ2) is 7.36. The van der Waals surface area contributed by atoms with Gasteiger partial charge in [0.25, 0.3) is 0 Å². The van der Waals surface area contributed by atoms with Crippen LogP contribution in [0.5, 0.6) is 0 Å². The molecule has 3 heterocycles. The molecule has 2 atom stereocenters. The molecule has 0 amide bonds. The van der Waals surface area contributed by atoms with Gasteiger partial charge in [0.05, 0.1) is 24.2 Å². The highest BCUT2D eigenvalue weighted by Crippen LogP contribution is 2.36. The van der Waals surface area contributed by atoms with Crippen molar-refractivity contribution < 1.29 is 4.52 Å². The maximum Gasteiger partial charge on any atom is 0.244 e. The first-order valence-electron chi connectivity index (χ1n) is 8.71. The standard InChI is InChI=1S/C19H19N5OS/c1-13-4-3-8-24(12-16-21-7-9-26-16)17(13)19-22-18(23-25-19)15-6-2-5-14(10-15)11-20/h2,5-7,9-10,13,17H,3-4,8,12H2,1H3/t13-,17+/m0/s1. The summed E-state index contributed by atoms with van der Waals surface area (Å²) in [7, 11) is 0. The highest BCUT2D eigenvalue weighted by Gasteiger charge is 2.34. The van der Waals surface area contributed by atoms with Gasteiger partial charge in [0.1, 0.15) is 5.01 Å². The molecule has 0 N–H and O–H groups in total. The van der Waals surface area contributed by atoms with Crippen LogP contribution in [0.3, 0.4) is 0 Å². The molecule has 0 bridgehead atoms. The van der Waals surface area contributed by atoms with E-state index in [0.29, 0.717) is 23.2 Å². The van der Waals surface area contributed by atoms with Crippen molar-refractivity contribution in [1.29, 1.82) is 5.26 Å². The number of nitrogens with zero attached hydrogens (tertiary/aromatic N) is 5. The zero-order valence-electron chi connectivity index (χ0n) is 14.5. The Labute approximate surface area is 156 Å². The Hall–Kier alpha value is -2.56. The summed E-state index contributed by atoms with van der Waals surface area (Å²) in [6.07, 6.45) is 4.14. The number of likely N-dealkylation sites (tertiary alicyclic amines) is 1. The first-order valence-corrected chi connectivity index (χ1v) is 9.59. The summed E-state index contributed by atoms with van der Waals surface area (Å²) in [5.74, 6) is 1.61. The van der Waals surface area contributed by atoms with E-state index in [1.165, 1.54) is 0 Å². The molecule has 1 fully saturated rings. The van der Waals surface area contributed by atoms with Crippen molar-refractivity contribution in [2.45, 2.75) is 32.4 Å². The van der Waals surface area contributed by atoms with Crippen LogP contribution in [0.4, 0.5) is 0 Å². The van der Waals surface area contributed by atoms with Crippen molar-refractivity contribution in [2.75, 3.05) is 6.54 Å². The fourth-order valence-corrected chi connectivity index (χ4v) is 4.20. The molecule has 26 heavy (non-hydrogen) atoms. The van der Waals surface area contributed by atoms with E-state index >= 15 is 0 Å². The van der Waals surface area contributed by atoms with Crippen molar-refractivity contribution >= 4 is 11.3 Å². The second-order valence-electron chi connectivity index (χ2n) is 6.61. The number of piperidine rings is 1. The minimum atomic E-state index is 0.0908. The number of thiazole rings is 1. The summed E-state index contributed by atoms with van der Waals surface area (Å²) >= 11 is 1.67. The summed E-state index contributed by atoms with van der Waals surface area (Å²) in [4.78, 5) is 11.5. The minimum absolute atomic E-state index is 0.0908. The van der Waals surface area contributed by atoms with Crippen LogP contribution in [0, 0.1) is 17.2 Å². The van der Waals surface area contributed by atoms with Gasteiger partial charge in [-0.25, -0.2) is 4.98 Å². The quantitative estimate of drug-likeness (QED) is 0.694. The normalized spacial score (nSPS) is 20.8. The number of rotatable bonds is 4. The summed E-state index contributed by atoms with van der Waals surface area (Å²) in [5.41, 5.74) is 1.39. The molecule has 2 aromatic heterocycles. The number of benzene rings is 1. The number of hydrogen-bond donors (Lipinski definition) is 0. The third kappa shape index (κ3) is 3.39. The number of nitriles is 1. The molecule has 3 aromatic rings. The second-order valence-corrected chi connectivity index (χ2v) is 7.59. The van der Waals surface area contributed by atoms with E-state index in [4.69, 9.17) is 9.78 Å². The first-order chi connectivity index (χ1) is 12.7. The lowest BCUT2D eigenvalue weighted by atomic mass is 9.90.